The van der Waals surface area contributed by atoms with Crippen molar-refractivity contribution in [2.24, 2.45) is 0 Å². The zero-order valence-electron chi connectivity index (χ0n) is 17.8. The van der Waals surface area contributed by atoms with Gasteiger partial charge >= 0.3 is 6.09 Å². The molecule has 3 aromatic rings. The number of nitrogens with zero attached hydrogens (tertiary/aromatic N) is 3. The van der Waals surface area contributed by atoms with Crippen LogP contribution in [0.25, 0.3) is 11.1 Å². The summed E-state index contributed by atoms with van der Waals surface area (Å²) < 4.78 is 17.0. The Labute approximate surface area is 181 Å². The van der Waals surface area contributed by atoms with Crippen molar-refractivity contribution in [2.45, 2.75) is 26.2 Å². The van der Waals surface area contributed by atoms with Crippen molar-refractivity contribution >= 4 is 11.8 Å². The van der Waals surface area contributed by atoms with Gasteiger partial charge in [0.1, 0.15) is 0 Å². The van der Waals surface area contributed by atoms with E-state index < -0.39 is 18.5 Å². The van der Waals surface area contributed by atoms with E-state index in [4.69, 9.17) is 14.2 Å². The fourth-order valence-corrected chi connectivity index (χ4v) is 3.65. The first-order chi connectivity index (χ1) is 15.1. The van der Waals surface area contributed by atoms with Crippen LogP contribution in [-0.4, -0.2) is 36.3 Å². The van der Waals surface area contributed by atoms with E-state index in [2.05, 4.69) is 9.97 Å². The molecule has 0 fully saturated rings. The number of rotatable bonds is 7. The van der Waals surface area contributed by atoms with Gasteiger partial charge in [0.15, 0.2) is 11.9 Å². The van der Waals surface area contributed by atoms with Crippen molar-refractivity contribution in [3.8, 4) is 11.1 Å². The van der Waals surface area contributed by atoms with Gasteiger partial charge in [-0.2, -0.15) is 0 Å². The standard InChI is InChI=1S/C24H25N3O4/c1-4-29-23(30-5-2)22-25-14-16(15-26-22)27(3)24(28)31-21-19-12-8-6-10-17(19)18-11-7-9-13-20(18)21/h6-15,21,23H,4-5H2,1-3H3. The molecule has 7 nitrogen and oxygen atoms in total. The molecular formula is C24H25N3O4. The summed E-state index contributed by atoms with van der Waals surface area (Å²) in [5.74, 6) is 0.410. The first kappa shape index (κ1) is 21.0. The van der Waals surface area contributed by atoms with E-state index in [1.807, 2.05) is 62.4 Å². The fourth-order valence-electron chi connectivity index (χ4n) is 3.65. The molecule has 160 valence electrons. The minimum absolute atomic E-state index is 0.410. The van der Waals surface area contributed by atoms with Crippen LogP contribution in [0.15, 0.2) is 60.9 Å². The van der Waals surface area contributed by atoms with E-state index in [0.717, 1.165) is 22.3 Å². The van der Waals surface area contributed by atoms with Crippen molar-refractivity contribution in [2.75, 3.05) is 25.2 Å². The average Bonchev–Trinajstić information content (AvgIpc) is 3.12. The van der Waals surface area contributed by atoms with Gasteiger partial charge < -0.3 is 14.2 Å². The van der Waals surface area contributed by atoms with Gasteiger partial charge in [0.2, 0.25) is 6.29 Å². The van der Waals surface area contributed by atoms with E-state index in [9.17, 15) is 4.79 Å². The van der Waals surface area contributed by atoms with Gasteiger partial charge in [-0.05, 0) is 25.0 Å². The van der Waals surface area contributed by atoms with E-state index >= 15 is 0 Å². The van der Waals surface area contributed by atoms with Gasteiger partial charge in [-0.25, -0.2) is 14.8 Å². The number of ether oxygens (including phenoxy) is 3. The maximum absolute atomic E-state index is 12.9. The molecule has 4 rings (SSSR count). The predicted molar refractivity (Wildman–Crippen MR) is 117 cm³/mol. The van der Waals surface area contributed by atoms with Crippen LogP contribution >= 0.6 is 0 Å². The van der Waals surface area contributed by atoms with Crippen LogP contribution in [0.1, 0.15) is 43.2 Å². The van der Waals surface area contributed by atoms with Crippen LogP contribution in [0, 0.1) is 0 Å². The van der Waals surface area contributed by atoms with Gasteiger partial charge in [0.25, 0.3) is 0 Å². The molecule has 1 aliphatic rings. The molecule has 0 radical (unpaired) electrons. The number of hydrogen-bond acceptors (Lipinski definition) is 6. The predicted octanol–water partition coefficient (Wildman–Crippen LogP) is 4.89. The minimum Gasteiger partial charge on any atom is -0.436 e. The maximum atomic E-state index is 12.9. The highest BCUT2D eigenvalue weighted by Crippen LogP contribution is 2.45. The molecule has 0 saturated carbocycles. The summed E-state index contributed by atoms with van der Waals surface area (Å²) in [7, 11) is 1.63. The van der Waals surface area contributed by atoms with Crippen molar-refractivity contribution in [1.29, 1.82) is 0 Å². The van der Waals surface area contributed by atoms with Crippen molar-refractivity contribution in [3.63, 3.8) is 0 Å². The van der Waals surface area contributed by atoms with Crippen LogP contribution in [-0.2, 0) is 14.2 Å². The molecule has 0 spiro atoms. The van der Waals surface area contributed by atoms with Crippen LogP contribution in [0.4, 0.5) is 10.5 Å². The lowest BCUT2D eigenvalue weighted by molar-refractivity contribution is -0.145. The van der Waals surface area contributed by atoms with Crippen LogP contribution in [0.3, 0.4) is 0 Å². The Hall–Kier alpha value is -3.29. The Kier molecular flexibility index (Phi) is 6.25. The summed E-state index contributed by atoms with van der Waals surface area (Å²) in [5.41, 5.74) is 4.65. The molecule has 7 heteroatoms. The molecule has 0 saturated heterocycles. The Balaban J connectivity index is 1.52. The average molecular weight is 419 g/mol. The normalized spacial score (nSPS) is 12.5. The second-order valence-corrected chi connectivity index (χ2v) is 7.04. The van der Waals surface area contributed by atoms with Crippen molar-refractivity contribution < 1.29 is 19.0 Å². The molecule has 1 heterocycles. The highest BCUT2D eigenvalue weighted by molar-refractivity contribution is 5.88. The van der Waals surface area contributed by atoms with Gasteiger partial charge in [0.05, 0.1) is 18.1 Å². The van der Waals surface area contributed by atoms with Gasteiger partial charge in [-0.3, -0.25) is 4.90 Å². The molecule has 0 bridgehead atoms. The summed E-state index contributed by atoms with van der Waals surface area (Å²) in [6, 6.07) is 16.0. The third-order valence-corrected chi connectivity index (χ3v) is 5.16. The highest BCUT2D eigenvalue weighted by atomic mass is 16.7. The Morgan fingerprint density at radius 1 is 0.935 bits per heavy atom. The second-order valence-electron chi connectivity index (χ2n) is 7.04. The maximum Gasteiger partial charge on any atom is 0.415 e. The zero-order valence-corrected chi connectivity index (χ0v) is 17.8. The number of carbonyl (C=O) groups excluding carboxylic acids is 1. The third kappa shape index (κ3) is 4.15. The van der Waals surface area contributed by atoms with Crippen LogP contribution < -0.4 is 4.90 Å². The highest BCUT2D eigenvalue weighted by Gasteiger charge is 2.32. The second kappa shape index (κ2) is 9.24. The van der Waals surface area contributed by atoms with Gasteiger partial charge in [0, 0.05) is 31.4 Å². The van der Waals surface area contributed by atoms with Crippen LogP contribution in [0.5, 0.6) is 0 Å². The first-order valence-corrected chi connectivity index (χ1v) is 10.3. The van der Waals surface area contributed by atoms with E-state index in [-0.39, 0.29) is 0 Å². The third-order valence-electron chi connectivity index (χ3n) is 5.16. The number of amides is 1. The molecule has 0 atom stereocenters. The van der Waals surface area contributed by atoms with Crippen molar-refractivity contribution in [1.82, 2.24) is 9.97 Å². The monoisotopic (exact) mass is 419 g/mol. The molecule has 0 unspecified atom stereocenters. The SMILES string of the molecule is CCOC(OCC)c1ncc(N(C)C(=O)OC2c3ccccc3-c3ccccc32)cn1. The smallest absolute Gasteiger partial charge is 0.415 e. The first-order valence-electron chi connectivity index (χ1n) is 10.3. The number of aromatic nitrogens is 2. The van der Waals surface area contributed by atoms with Gasteiger partial charge in [-0.1, -0.05) is 48.5 Å². The molecule has 0 aliphatic heterocycles. The summed E-state index contributed by atoms with van der Waals surface area (Å²) in [6.45, 7) is 4.71. The summed E-state index contributed by atoms with van der Waals surface area (Å²) in [6.07, 6.45) is 1.55. The molecule has 1 aromatic heterocycles. The number of anilines is 1. The lowest BCUT2D eigenvalue weighted by Crippen LogP contribution is -2.29. The van der Waals surface area contributed by atoms with E-state index in [0.29, 0.717) is 24.7 Å². The molecule has 1 aliphatic carbocycles. The Bertz CT molecular complexity index is 1000. The minimum atomic E-state index is -0.632. The summed E-state index contributed by atoms with van der Waals surface area (Å²) in [4.78, 5) is 23.0. The molecular weight excluding hydrogens is 394 g/mol. The topological polar surface area (TPSA) is 73.8 Å². The molecule has 1 amide bonds. The number of fused-ring (bicyclic) bond motifs is 3. The zero-order chi connectivity index (χ0) is 21.8. The lowest BCUT2D eigenvalue weighted by Gasteiger charge is -2.21. The quantitative estimate of drug-likeness (QED) is 0.508. The number of hydrogen-bond donors (Lipinski definition) is 0. The lowest BCUT2D eigenvalue weighted by atomic mass is 10.1. The van der Waals surface area contributed by atoms with Crippen molar-refractivity contribution in [3.05, 3.63) is 77.9 Å². The molecule has 2 aromatic carbocycles. The fraction of sp³-hybridized carbons (Fsp3) is 0.292. The van der Waals surface area contributed by atoms with Gasteiger partial charge in [-0.15, -0.1) is 0 Å². The van der Waals surface area contributed by atoms with E-state index in [1.165, 1.54) is 4.90 Å². The Morgan fingerprint density at radius 2 is 1.45 bits per heavy atom. The number of benzene rings is 2. The summed E-state index contributed by atoms with van der Waals surface area (Å²) in [5, 5.41) is 0. The van der Waals surface area contributed by atoms with Crippen LogP contribution in [0.2, 0.25) is 0 Å². The molecule has 31 heavy (non-hydrogen) atoms. The number of carbonyl (C=O) groups is 1. The Morgan fingerprint density at radius 3 is 1.97 bits per heavy atom. The summed E-state index contributed by atoms with van der Waals surface area (Å²) >= 11 is 0. The largest absolute Gasteiger partial charge is 0.436 e. The molecule has 0 N–H and O–H groups in total. The van der Waals surface area contributed by atoms with E-state index in [1.54, 1.807) is 19.4 Å².